The molecule has 0 nitrogen and oxygen atoms in total. The summed E-state index contributed by atoms with van der Waals surface area (Å²) in [7, 11) is 0. The molecule has 0 aliphatic rings. The first-order chi connectivity index (χ1) is 2.41. The molecule has 0 saturated carbocycles. The topological polar surface area (TPSA) is 0 Å². The normalized spacial score (nSPS) is 8.40. The fourth-order valence-corrected chi connectivity index (χ4v) is 1.74. The van der Waals surface area contributed by atoms with E-state index < -0.39 is 0 Å². The van der Waals surface area contributed by atoms with Crippen LogP contribution < -0.4 is 0 Å². The van der Waals surface area contributed by atoms with E-state index in [0.29, 0.717) is 13.8 Å². The number of rotatable bonds is 2. The maximum absolute atomic E-state index is 4.62. The van der Waals surface area contributed by atoms with Crippen LogP contribution >= 0.6 is 11.0 Å². The Hall–Kier alpha value is 1.22. The van der Waals surface area contributed by atoms with E-state index >= 15 is 0 Å². The summed E-state index contributed by atoms with van der Waals surface area (Å²) in [6, 6.07) is 0. The van der Waals surface area contributed by atoms with Gasteiger partial charge in [0.15, 0.2) is 0 Å². The van der Waals surface area contributed by atoms with Crippen molar-refractivity contribution >= 4 is 37.5 Å². The van der Waals surface area contributed by atoms with Gasteiger partial charge < -0.3 is 0 Å². The molecule has 3 heteroatoms. The van der Waals surface area contributed by atoms with Gasteiger partial charge in [-0.2, -0.15) is 0 Å². The Morgan fingerprint density at radius 3 is 2.40 bits per heavy atom. The number of hydrogen-bond acceptors (Lipinski definition) is 2. The van der Waals surface area contributed by atoms with E-state index in [0.717, 1.165) is 11.1 Å². The Labute approximate surface area is 48.8 Å². The van der Waals surface area contributed by atoms with Gasteiger partial charge in [-0.15, -0.1) is 0 Å². The molecule has 0 heterocycles. The summed E-state index contributed by atoms with van der Waals surface area (Å²) in [4.78, 5) is 0. The molecule has 0 aliphatic carbocycles. The maximum atomic E-state index is 4.62. The monoisotopic (exact) mass is 173 g/mol. The van der Waals surface area contributed by atoms with Crippen LogP contribution in [0.1, 0.15) is 0 Å². The first-order valence-corrected chi connectivity index (χ1v) is 5.71. The third kappa shape index (κ3) is 5.22. The fraction of sp³-hybridized carbons (Fsp3) is 1.00. The van der Waals surface area contributed by atoms with E-state index in [4.69, 9.17) is 0 Å². The zero-order valence-corrected chi connectivity index (χ0v) is 6.10. The van der Waals surface area contributed by atoms with Crippen LogP contribution in [0.15, 0.2) is 0 Å². The van der Waals surface area contributed by atoms with Crippen LogP contribution in [-0.2, 0) is 12.6 Å². The second-order valence-corrected chi connectivity index (χ2v) is 3.69. The van der Waals surface area contributed by atoms with Crippen LogP contribution in [0.4, 0.5) is 0 Å². The second kappa shape index (κ2) is 5.22. The van der Waals surface area contributed by atoms with Crippen LogP contribution in [0.3, 0.4) is 0 Å². The van der Waals surface area contributed by atoms with Gasteiger partial charge in [0.1, 0.15) is 0 Å². The van der Waals surface area contributed by atoms with Crippen LogP contribution in [0, 0.1) is 0 Å². The Morgan fingerprint density at radius 1 is 1.80 bits per heavy atom. The zero-order chi connectivity index (χ0) is 4.12. The van der Waals surface area contributed by atoms with Crippen molar-refractivity contribution in [3.63, 3.8) is 0 Å². The second-order valence-electron chi connectivity index (χ2n) is 0.537. The summed E-state index contributed by atoms with van der Waals surface area (Å²) in [6.07, 6.45) is 0. The van der Waals surface area contributed by atoms with E-state index in [1.54, 1.807) is 0 Å². The van der Waals surface area contributed by atoms with Gasteiger partial charge in [0, 0.05) is 0 Å². The Balaban J connectivity index is 2.19. The molecular formula is C2H5S2Se-. The predicted molar refractivity (Wildman–Crippen MR) is 31.8 cm³/mol. The first kappa shape index (κ1) is 6.22. The molecular weight excluding hydrogens is 167 g/mol. The molecule has 0 atom stereocenters. The average Bonchev–Trinajstić information content (AvgIpc) is 1.41. The molecule has 0 aliphatic heterocycles. The third-order valence-corrected chi connectivity index (χ3v) is 2.72. The van der Waals surface area contributed by atoms with E-state index in [1.807, 2.05) is 0 Å². The van der Waals surface area contributed by atoms with E-state index in [2.05, 4.69) is 23.7 Å². The van der Waals surface area contributed by atoms with Crippen molar-refractivity contribution in [2.75, 3.05) is 5.75 Å². The van der Waals surface area contributed by atoms with Crippen molar-refractivity contribution in [3.05, 3.63) is 0 Å². The van der Waals surface area contributed by atoms with Gasteiger partial charge in [-0.3, -0.25) is 0 Å². The van der Waals surface area contributed by atoms with E-state index in [9.17, 15) is 0 Å². The van der Waals surface area contributed by atoms with Gasteiger partial charge in [0.05, 0.1) is 0 Å². The molecule has 0 bridgehead atoms. The average molecular weight is 172 g/mol. The molecule has 0 spiro atoms. The quantitative estimate of drug-likeness (QED) is 0.359. The molecule has 0 saturated heterocycles. The fourth-order valence-electron chi connectivity index (χ4n) is 0.0373. The molecule has 0 aromatic heterocycles. The van der Waals surface area contributed by atoms with Crippen molar-refractivity contribution in [2.24, 2.45) is 0 Å². The van der Waals surface area contributed by atoms with Gasteiger partial charge in [0.25, 0.3) is 0 Å². The van der Waals surface area contributed by atoms with Gasteiger partial charge in [-0.05, 0) is 0 Å². The van der Waals surface area contributed by atoms with Crippen molar-refractivity contribution in [1.29, 1.82) is 0 Å². The van der Waals surface area contributed by atoms with Crippen LogP contribution in [-0.4, -0.2) is 19.6 Å². The summed E-state index contributed by atoms with van der Waals surface area (Å²) in [5.41, 5.74) is 0. The molecule has 5 heavy (non-hydrogen) atoms. The molecule has 0 amide bonds. The molecule has 0 N–H and O–H groups in total. The van der Waals surface area contributed by atoms with Crippen LogP contribution in [0.5, 0.6) is 0 Å². The van der Waals surface area contributed by atoms with E-state index in [1.165, 1.54) is 0 Å². The molecule has 0 aromatic carbocycles. The predicted octanol–water partition coefficient (Wildman–Crippen LogP) is 0.501. The number of thiol groups is 1. The molecule has 0 radical (unpaired) electrons. The van der Waals surface area contributed by atoms with Crippen LogP contribution in [0.25, 0.3) is 0 Å². The number of hydrogen-bond donors (Lipinski definition) is 1. The van der Waals surface area contributed by atoms with Crippen LogP contribution in [0.2, 0.25) is 5.32 Å². The summed E-state index contributed by atoms with van der Waals surface area (Å²) in [6.45, 7) is 0. The van der Waals surface area contributed by atoms with Crippen molar-refractivity contribution < 1.29 is 0 Å². The zero-order valence-electron chi connectivity index (χ0n) is 2.68. The molecule has 0 fully saturated rings. The Kier molecular flexibility index (Phi) is 6.49. The molecule has 32 valence electrons. The van der Waals surface area contributed by atoms with Gasteiger partial charge in [0.2, 0.25) is 0 Å². The van der Waals surface area contributed by atoms with Crippen molar-refractivity contribution in [2.45, 2.75) is 5.32 Å². The summed E-state index contributed by atoms with van der Waals surface area (Å²) < 4.78 is 0. The SMILES string of the molecule is [S-]CC[Se]S. The Bertz CT molecular complexity index is 15.1. The third-order valence-electron chi connectivity index (χ3n) is 0.175. The molecule has 0 rings (SSSR count). The molecule has 0 aromatic rings. The minimum absolute atomic E-state index is 0.516. The van der Waals surface area contributed by atoms with E-state index in [-0.39, 0.29) is 0 Å². The van der Waals surface area contributed by atoms with Gasteiger partial charge in [-0.25, -0.2) is 0 Å². The molecule has 0 unspecified atom stereocenters. The first-order valence-electron chi connectivity index (χ1n) is 1.26. The van der Waals surface area contributed by atoms with Crippen molar-refractivity contribution in [3.8, 4) is 0 Å². The summed E-state index contributed by atoms with van der Waals surface area (Å²) in [5, 5.41) is 1.13. The van der Waals surface area contributed by atoms with Crippen molar-refractivity contribution in [1.82, 2.24) is 0 Å². The minimum atomic E-state index is 0.516. The summed E-state index contributed by atoms with van der Waals surface area (Å²) in [5.74, 6) is 0.878. The van der Waals surface area contributed by atoms with Gasteiger partial charge >= 0.3 is 48.6 Å². The Morgan fingerprint density at radius 2 is 2.40 bits per heavy atom. The standard InChI is InChI=1S/C2H6S2Se/c3-1-2-5-4/h3-4H,1-2H2/p-1. The summed E-state index contributed by atoms with van der Waals surface area (Å²) >= 11 is 9.13. The van der Waals surface area contributed by atoms with Gasteiger partial charge in [-0.1, -0.05) is 0 Å².